The zero-order chi connectivity index (χ0) is 14.9. The van der Waals surface area contributed by atoms with E-state index in [-0.39, 0.29) is 0 Å². The molecule has 1 aliphatic rings. The number of nitrogens with one attached hydrogen (secondary N) is 1. The van der Waals surface area contributed by atoms with Gasteiger partial charge in [-0.2, -0.15) is 0 Å². The number of para-hydroxylation sites is 1. The minimum absolute atomic E-state index is 0.505. The van der Waals surface area contributed by atoms with Crippen LogP contribution in [-0.2, 0) is 0 Å². The lowest BCUT2D eigenvalue weighted by molar-refractivity contribution is 0.177. The second-order valence-electron chi connectivity index (χ2n) is 7.16. The molecule has 112 valence electrons. The highest BCUT2D eigenvalue weighted by molar-refractivity contribution is 7.13. The predicted molar refractivity (Wildman–Crippen MR) is 94.0 cm³/mol. The molecule has 1 N–H and O–H groups in total. The summed E-state index contributed by atoms with van der Waals surface area (Å²) in [6.07, 6.45) is 3.90. The summed E-state index contributed by atoms with van der Waals surface area (Å²) in [5.74, 6) is 0.727. The SMILES string of the molecule is CC1CC(C)(C)CCC1Nc1ccccc1-c1cccs1. The maximum Gasteiger partial charge on any atom is 0.0430 e. The summed E-state index contributed by atoms with van der Waals surface area (Å²) >= 11 is 1.81. The van der Waals surface area contributed by atoms with Crippen molar-refractivity contribution in [1.82, 2.24) is 0 Å². The molecule has 1 nitrogen and oxygen atoms in total. The summed E-state index contributed by atoms with van der Waals surface area (Å²) < 4.78 is 0. The van der Waals surface area contributed by atoms with E-state index in [0.717, 1.165) is 5.92 Å². The van der Waals surface area contributed by atoms with E-state index in [1.54, 1.807) is 0 Å². The van der Waals surface area contributed by atoms with Crippen molar-refractivity contribution in [2.75, 3.05) is 5.32 Å². The van der Waals surface area contributed by atoms with Gasteiger partial charge in [-0.15, -0.1) is 11.3 Å². The normalized spacial score (nSPS) is 24.7. The zero-order valence-electron chi connectivity index (χ0n) is 13.2. The number of rotatable bonds is 3. The van der Waals surface area contributed by atoms with Gasteiger partial charge < -0.3 is 5.32 Å². The summed E-state index contributed by atoms with van der Waals surface area (Å²) in [5.41, 5.74) is 3.13. The van der Waals surface area contributed by atoms with E-state index in [1.165, 1.54) is 35.4 Å². The van der Waals surface area contributed by atoms with Crippen LogP contribution >= 0.6 is 11.3 Å². The molecule has 2 aromatic rings. The molecule has 2 atom stereocenters. The van der Waals surface area contributed by atoms with Crippen LogP contribution in [0.2, 0.25) is 0 Å². The van der Waals surface area contributed by atoms with Crippen LogP contribution in [0.25, 0.3) is 10.4 Å². The highest BCUT2D eigenvalue weighted by Crippen LogP contribution is 2.40. The number of anilines is 1. The predicted octanol–water partition coefficient (Wildman–Crippen LogP) is 6.04. The number of hydrogen-bond acceptors (Lipinski definition) is 2. The summed E-state index contributed by atoms with van der Waals surface area (Å²) in [6, 6.07) is 13.7. The van der Waals surface area contributed by atoms with E-state index in [1.807, 2.05) is 11.3 Å². The monoisotopic (exact) mass is 299 g/mol. The molecule has 0 bridgehead atoms. The van der Waals surface area contributed by atoms with Gasteiger partial charge in [-0.1, -0.05) is 45.0 Å². The summed E-state index contributed by atoms with van der Waals surface area (Å²) in [7, 11) is 0. The fourth-order valence-electron chi connectivity index (χ4n) is 3.62. The molecule has 21 heavy (non-hydrogen) atoms. The van der Waals surface area contributed by atoms with Crippen molar-refractivity contribution in [2.45, 2.75) is 46.1 Å². The molecule has 2 heteroatoms. The Morgan fingerprint density at radius 1 is 1.14 bits per heavy atom. The molecular weight excluding hydrogens is 274 g/mol. The third-order valence-electron chi connectivity index (χ3n) is 4.75. The molecule has 1 saturated carbocycles. The summed E-state index contributed by atoms with van der Waals surface area (Å²) in [4.78, 5) is 1.35. The van der Waals surface area contributed by atoms with E-state index < -0.39 is 0 Å². The Balaban J connectivity index is 1.80. The topological polar surface area (TPSA) is 12.0 Å². The largest absolute Gasteiger partial charge is 0.382 e. The second-order valence-corrected chi connectivity index (χ2v) is 8.11. The molecule has 1 aromatic carbocycles. The molecule has 1 heterocycles. The minimum atomic E-state index is 0.505. The molecule has 1 aliphatic carbocycles. The molecule has 2 unspecified atom stereocenters. The van der Waals surface area contributed by atoms with Gasteiger partial charge in [0, 0.05) is 22.2 Å². The van der Waals surface area contributed by atoms with Crippen molar-refractivity contribution in [1.29, 1.82) is 0 Å². The number of benzene rings is 1. The van der Waals surface area contributed by atoms with Crippen molar-refractivity contribution in [3.8, 4) is 10.4 Å². The third kappa shape index (κ3) is 3.32. The van der Waals surface area contributed by atoms with Crippen LogP contribution in [0.5, 0.6) is 0 Å². The lowest BCUT2D eigenvalue weighted by Gasteiger charge is -2.40. The summed E-state index contributed by atoms with van der Waals surface area (Å²) in [6.45, 7) is 7.20. The Labute approximate surface area is 132 Å². The van der Waals surface area contributed by atoms with Crippen LogP contribution in [0.15, 0.2) is 41.8 Å². The van der Waals surface area contributed by atoms with Gasteiger partial charge in [0.2, 0.25) is 0 Å². The first-order valence-corrected chi connectivity index (χ1v) is 8.83. The zero-order valence-corrected chi connectivity index (χ0v) is 14.0. The smallest absolute Gasteiger partial charge is 0.0430 e. The van der Waals surface area contributed by atoms with Gasteiger partial charge in [0.25, 0.3) is 0 Å². The molecule has 0 aliphatic heterocycles. The lowest BCUT2D eigenvalue weighted by atomic mass is 9.70. The van der Waals surface area contributed by atoms with Crippen LogP contribution in [0.3, 0.4) is 0 Å². The number of thiophene rings is 1. The van der Waals surface area contributed by atoms with E-state index in [0.29, 0.717) is 11.5 Å². The first-order valence-electron chi connectivity index (χ1n) is 7.95. The molecule has 0 radical (unpaired) electrons. The Morgan fingerprint density at radius 3 is 2.67 bits per heavy atom. The quantitative estimate of drug-likeness (QED) is 0.728. The molecular formula is C19H25NS. The fraction of sp³-hybridized carbons (Fsp3) is 0.474. The molecule has 1 fully saturated rings. The minimum Gasteiger partial charge on any atom is -0.382 e. The Hall–Kier alpha value is -1.28. The van der Waals surface area contributed by atoms with Gasteiger partial charge in [0.15, 0.2) is 0 Å². The molecule has 0 spiro atoms. The van der Waals surface area contributed by atoms with E-state index >= 15 is 0 Å². The first kappa shape index (κ1) is 14.6. The average molecular weight is 299 g/mol. The van der Waals surface area contributed by atoms with E-state index in [9.17, 15) is 0 Å². The van der Waals surface area contributed by atoms with Crippen LogP contribution < -0.4 is 5.32 Å². The van der Waals surface area contributed by atoms with Crippen LogP contribution in [0.1, 0.15) is 40.0 Å². The Kier molecular flexibility index (Phi) is 4.08. The lowest BCUT2D eigenvalue weighted by Crippen LogP contribution is -2.36. The summed E-state index contributed by atoms with van der Waals surface area (Å²) in [5, 5.41) is 5.98. The average Bonchev–Trinajstić information content (AvgIpc) is 2.96. The highest BCUT2D eigenvalue weighted by Gasteiger charge is 2.32. The Morgan fingerprint density at radius 2 is 1.95 bits per heavy atom. The van der Waals surface area contributed by atoms with Gasteiger partial charge in [0.05, 0.1) is 0 Å². The first-order chi connectivity index (χ1) is 10.1. The second kappa shape index (κ2) is 5.84. The van der Waals surface area contributed by atoms with E-state index in [4.69, 9.17) is 0 Å². The van der Waals surface area contributed by atoms with Gasteiger partial charge in [-0.25, -0.2) is 0 Å². The molecule has 0 saturated heterocycles. The standard InChI is InChI=1S/C19H25NS/c1-14-13-19(2,3)11-10-16(14)20-17-8-5-4-7-15(17)18-9-6-12-21-18/h4-9,12,14,16,20H,10-11,13H2,1-3H3. The van der Waals surface area contributed by atoms with E-state index in [2.05, 4.69) is 67.9 Å². The van der Waals surface area contributed by atoms with Gasteiger partial charge in [0.1, 0.15) is 0 Å². The van der Waals surface area contributed by atoms with Gasteiger partial charge >= 0.3 is 0 Å². The maximum atomic E-state index is 3.83. The van der Waals surface area contributed by atoms with Gasteiger partial charge in [-0.05, 0) is 48.1 Å². The molecule has 0 amide bonds. The fourth-order valence-corrected chi connectivity index (χ4v) is 4.38. The van der Waals surface area contributed by atoms with Crippen molar-refractivity contribution in [3.05, 3.63) is 41.8 Å². The molecule has 3 rings (SSSR count). The third-order valence-corrected chi connectivity index (χ3v) is 5.65. The van der Waals surface area contributed by atoms with Crippen molar-refractivity contribution >= 4 is 17.0 Å². The van der Waals surface area contributed by atoms with Crippen molar-refractivity contribution in [2.24, 2.45) is 11.3 Å². The maximum absolute atomic E-state index is 3.83. The highest BCUT2D eigenvalue weighted by atomic mass is 32.1. The number of hydrogen-bond donors (Lipinski definition) is 1. The van der Waals surface area contributed by atoms with Crippen LogP contribution in [0, 0.1) is 11.3 Å². The van der Waals surface area contributed by atoms with Crippen molar-refractivity contribution in [3.63, 3.8) is 0 Å². The van der Waals surface area contributed by atoms with Crippen LogP contribution in [-0.4, -0.2) is 6.04 Å². The van der Waals surface area contributed by atoms with Crippen LogP contribution in [0.4, 0.5) is 5.69 Å². The molecule has 1 aromatic heterocycles. The van der Waals surface area contributed by atoms with Gasteiger partial charge in [-0.3, -0.25) is 0 Å². The Bertz CT molecular complexity index is 585. The van der Waals surface area contributed by atoms with Crippen molar-refractivity contribution < 1.29 is 0 Å².